The van der Waals surface area contributed by atoms with E-state index in [-0.39, 0.29) is 17.8 Å². The number of aromatic nitrogens is 2. The van der Waals surface area contributed by atoms with Crippen molar-refractivity contribution in [3.63, 3.8) is 0 Å². The van der Waals surface area contributed by atoms with Gasteiger partial charge in [0.05, 0.1) is 0 Å². The molecule has 1 aliphatic heterocycles. The largest absolute Gasteiger partial charge is 0.451 e. The van der Waals surface area contributed by atoms with E-state index in [0.717, 1.165) is 11.1 Å². The van der Waals surface area contributed by atoms with Gasteiger partial charge in [0.25, 0.3) is 5.56 Å². The van der Waals surface area contributed by atoms with Gasteiger partial charge >= 0.3 is 11.7 Å². The second-order valence-corrected chi connectivity index (χ2v) is 9.18. The molecule has 2 heterocycles. The van der Waals surface area contributed by atoms with Crippen molar-refractivity contribution >= 4 is 11.8 Å². The van der Waals surface area contributed by atoms with Gasteiger partial charge in [-0.1, -0.05) is 91.0 Å². The van der Waals surface area contributed by atoms with E-state index in [0.29, 0.717) is 24.9 Å². The zero-order valence-corrected chi connectivity index (χ0v) is 20.7. The van der Waals surface area contributed by atoms with E-state index in [1.807, 2.05) is 60.7 Å². The molecule has 8 heteroatoms. The van der Waals surface area contributed by atoms with Gasteiger partial charge in [0.1, 0.15) is 6.04 Å². The molecule has 1 saturated heterocycles. The van der Waals surface area contributed by atoms with Crippen LogP contribution in [0.1, 0.15) is 46.0 Å². The fourth-order valence-corrected chi connectivity index (χ4v) is 4.74. The van der Waals surface area contributed by atoms with Crippen LogP contribution in [0.15, 0.2) is 107 Å². The quantitative estimate of drug-likeness (QED) is 0.289. The number of Topliss-reactive ketones (excluding diaryl/α,β-unsaturated/α-hetero) is 1. The molecule has 1 fully saturated rings. The van der Waals surface area contributed by atoms with Crippen molar-refractivity contribution < 1.29 is 14.3 Å². The third-order valence-electron chi connectivity index (χ3n) is 6.66. The number of esters is 1. The summed E-state index contributed by atoms with van der Waals surface area (Å²) in [6.07, 6.45) is 1.72. The first-order valence-corrected chi connectivity index (χ1v) is 12.5. The Morgan fingerprint density at radius 3 is 2.05 bits per heavy atom. The van der Waals surface area contributed by atoms with Gasteiger partial charge in [0.2, 0.25) is 0 Å². The lowest BCUT2D eigenvalue weighted by Crippen LogP contribution is -2.51. The van der Waals surface area contributed by atoms with Crippen LogP contribution in [0.2, 0.25) is 0 Å². The molecule has 0 amide bonds. The fraction of sp³-hybridized carbons (Fsp3) is 0.200. The summed E-state index contributed by atoms with van der Waals surface area (Å²) in [4.78, 5) is 53.8. The van der Waals surface area contributed by atoms with Gasteiger partial charge in [-0.3, -0.25) is 19.6 Å². The van der Waals surface area contributed by atoms with E-state index in [1.54, 1.807) is 35.3 Å². The predicted octanol–water partition coefficient (Wildman–Crippen LogP) is 3.40. The molecule has 0 spiro atoms. The molecule has 0 saturated carbocycles. The van der Waals surface area contributed by atoms with E-state index < -0.39 is 29.4 Å². The Morgan fingerprint density at radius 2 is 1.45 bits per heavy atom. The Labute approximate surface area is 219 Å². The van der Waals surface area contributed by atoms with E-state index in [1.165, 1.54) is 10.9 Å². The molecular weight excluding hydrogens is 482 g/mol. The molecule has 0 bridgehead atoms. The molecule has 192 valence electrons. The number of benzene rings is 3. The number of H-pyrrole nitrogens is 1. The van der Waals surface area contributed by atoms with Crippen LogP contribution < -0.4 is 16.3 Å². The van der Waals surface area contributed by atoms with E-state index in [9.17, 15) is 19.2 Å². The predicted molar refractivity (Wildman–Crippen MR) is 143 cm³/mol. The number of hydrogen-bond acceptors (Lipinski definition) is 6. The maximum absolute atomic E-state index is 13.5. The molecule has 0 radical (unpaired) electrons. The Morgan fingerprint density at radius 1 is 0.868 bits per heavy atom. The van der Waals surface area contributed by atoms with Crippen molar-refractivity contribution in [2.45, 2.75) is 31.4 Å². The van der Waals surface area contributed by atoms with Crippen LogP contribution in [-0.2, 0) is 16.0 Å². The third-order valence-corrected chi connectivity index (χ3v) is 6.66. The van der Waals surface area contributed by atoms with Crippen molar-refractivity contribution in [1.29, 1.82) is 0 Å². The van der Waals surface area contributed by atoms with Gasteiger partial charge in [0, 0.05) is 30.3 Å². The highest BCUT2D eigenvalue weighted by molar-refractivity contribution is 5.97. The molecule has 8 nitrogen and oxygen atoms in total. The van der Waals surface area contributed by atoms with Crippen LogP contribution in [-0.4, -0.2) is 34.0 Å². The van der Waals surface area contributed by atoms with Crippen LogP contribution in [0.25, 0.3) is 0 Å². The van der Waals surface area contributed by atoms with Gasteiger partial charge in [-0.05, 0) is 24.0 Å². The average Bonchev–Trinajstić information content (AvgIpc) is 3.44. The highest BCUT2D eigenvalue weighted by Crippen LogP contribution is 2.28. The fourth-order valence-electron chi connectivity index (χ4n) is 4.74. The van der Waals surface area contributed by atoms with Crippen molar-refractivity contribution in [3.8, 4) is 0 Å². The van der Waals surface area contributed by atoms with Gasteiger partial charge in [-0.2, -0.15) is 0 Å². The Kier molecular flexibility index (Phi) is 7.31. The number of ether oxygens (including phenoxy) is 1. The molecule has 0 unspecified atom stereocenters. The minimum Gasteiger partial charge on any atom is -0.451 e. The minimum absolute atomic E-state index is 0.143. The lowest BCUT2D eigenvalue weighted by Gasteiger charge is -2.28. The summed E-state index contributed by atoms with van der Waals surface area (Å²) in [6.45, 7) is 0.416. The topological polar surface area (TPSA) is 101 Å². The monoisotopic (exact) mass is 509 g/mol. The molecule has 38 heavy (non-hydrogen) atoms. The lowest BCUT2D eigenvalue weighted by molar-refractivity contribution is -0.149. The van der Waals surface area contributed by atoms with E-state index >= 15 is 0 Å². The van der Waals surface area contributed by atoms with Gasteiger partial charge in [-0.25, -0.2) is 14.3 Å². The maximum Gasteiger partial charge on any atom is 0.347 e. The van der Waals surface area contributed by atoms with Gasteiger partial charge in [-0.15, -0.1) is 0 Å². The first-order valence-electron chi connectivity index (χ1n) is 12.5. The summed E-state index contributed by atoms with van der Waals surface area (Å²) < 4.78 is 7.28. The molecule has 0 aliphatic carbocycles. The van der Waals surface area contributed by atoms with Gasteiger partial charge in [0.15, 0.2) is 11.9 Å². The number of aromatic amines is 1. The normalized spacial score (nSPS) is 15.0. The highest BCUT2D eigenvalue weighted by Gasteiger charge is 2.35. The van der Waals surface area contributed by atoms with Crippen LogP contribution in [0.4, 0.5) is 0 Å². The Bertz CT molecular complexity index is 1490. The van der Waals surface area contributed by atoms with Crippen molar-refractivity contribution in [1.82, 2.24) is 9.66 Å². The van der Waals surface area contributed by atoms with E-state index in [4.69, 9.17) is 4.74 Å². The number of nitrogens with zero attached hydrogens (tertiary/aromatic N) is 2. The number of carbonyl (C=O) groups excluding carboxylic acids is 2. The zero-order chi connectivity index (χ0) is 26.5. The summed E-state index contributed by atoms with van der Waals surface area (Å²) >= 11 is 0. The standard InChI is InChI=1S/C30H27N3O5/c34-26(21-11-4-1-5-12-21)19-24-20-33(30(37)31-28(24)35)32-18-10-17-25(32)29(36)38-27(22-13-6-2-7-14-22)23-15-8-3-9-16-23/h1-9,11-16,20,25,27H,10,17-19H2,(H,31,35,37)/t25-/m1/s1. The average molecular weight is 510 g/mol. The van der Waals surface area contributed by atoms with Crippen LogP contribution in [0, 0.1) is 0 Å². The van der Waals surface area contributed by atoms with Crippen molar-refractivity contribution in [2.75, 3.05) is 11.6 Å². The number of hydrogen-bond donors (Lipinski definition) is 1. The van der Waals surface area contributed by atoms with Gasteiger partial charge < -0.3 is 4.74 Å². The molecular formula is C30H27N3O5. The summed E-state index contributed by atoms with van der Waals surface area (Å²) in [5.41, 5.74) is 0.985. The maximum atomic E-state index is 13.5. The molecule has 4 aromatic rings. The number of ketones is 1. The summed E-state index contributed by atoms with van der Waals surface area (Å²) in [5, 5.41) is 1.60. The second kappa shape index (κ2) is 11.1. The van der Waals surface area contributed by atoms with Crippen LogP contribution in [0.3, 0.4) is 0 Å². The zero-order valence-electron chi connectivity index (χ0n) is 20.7. The first kappa shape index (κ1) is 25.0. The SMILES string of the molecule is O=C(Cc1cn(N2CCC[C@@H]2C(=O)OC(c2ccccc2)c2ccccc2)c(=O)[nH]c1=O)c1ccccc1. The molecule has 3 aromatic carbocycles. The summed E-state index contributed by atoms with van der Waals surface area (Å²) in [5.74, 6) is -0.715. The van der Waals surface area contributed by atoms with E-state index in [2.05, 4.69) is 4.98 Å². The highest BCUT2D eigenvalue weighted by atomic mass is 16.5. The van der Waals surface area contributed by atoms with Crippen molar-refractivity contribution in [2.24, 2.45) is 0 Å². The Hall–Kier alpha value is -4.72. The van der Waals surface area contributed by atoms with Crippen molar-refractivity contribution in [3.05, 3.63) is 140 Å². The summed E-state index contributed by atoms with van der Waals surface area (Å²) in [6, 6.07) is 26.9. The number of rotatable bonds is 8. The molecule has 1 aliphatic rings. The summed E-state index contributed by atoms with van der Waals surface area (Å²) in [7, 11) is 0. The number of carbonyl (C=O) groups is 2. The number of nitrogens with one attached hydrogen (secondary N) is 1. The first-order chi connectivity index (χ1) is 18.5. The second-order valence-electron chi connectivity index (χ2n) is 9.18. The smallest absolute Gasteiger partial charge is 0.347 e. The third kappa shape index (κ3) is 5.34. The Balaban J connectivity index is 1.41. The molecule has 5 rings (SSSR count). The molecule has 1 aromatic heterocycles. The molecule has 1 atom stereocenters. The van der Waals surface area contributed by atoms with Crippen LogP contribution >= 0.6 is 0 Å². The van der Waals surface area contributed by atoms with Crippen LogP contribution in [0.5, 0.6) is 0 Å². The molecule has 1 N–H and O–H groups in total. The lowest BCUT2D eigenvalue weighted by atomic mass is 10.0. The minimum atomic E-state index is -0.730.